The maximum absolute atomic E-state index is 9.56. The van der Waals surface area contributed by atoms with E-state index >= 15 is 0 Å². The maximum atomic E-state index is 9.56. The van der Waals surface area contributed by atoms with E-state index in [1.54, 1.807) is 0 Å². The molecule has 2 fully saturated rings. The molecule has 2 saturated heterocycles. The van der Waals surface area contributed by atoms with Gasteiger partial charge < -0.3 is 24.8 Å². The summed E-state index contributed by atoms with van der Waals surface area (Å²) in [7, 11) is 0. The molecule has 0 radical (unpaired) electrons. The van der Waals surface area contributed by atoms with Gasteiger partial charge in [0.25, 0.3) is 0 Å². The summed E-state index contributed by atoms with van der Waals surface area (Å²) in [5.74, 6) is 0. The third kappa shape index (κ3) is 0.915. The van der Waals surface area contributed by atoms with Gasteiger partial charge in [0, 0.05) is 6.42 Å². The predicted octanol–water partition coefficient (Wildman–Crippen LogP) is -1.78. The highest BCUT2D eigenvalue weighted by molar-refractivity contribution is 5.02. The molecule has 0 aromatic carbocycles. The van der Waals surface area contributed by atoms with Crippen LogP contribution in [0.1, 0.15) is 6.42 Å². The van der Waals surface area contributed by atoms with Crippen molar-refractivity contribution in [1.29, 1.82) is 0 Å². The van der Waals surface area contributed by atoms with Gasteiger partial charge in [-0.3, -0.25) is 0 Å². The molecule has 3 N–H and O–H groups in total. The minimum absolute atomic E-state index is 0.287. The van der Waals surface area contributed by atoms with Crippen LogP contribution in [0, 0.1) is 0 Å². The zero-order valence-electron chi connectivity index (χ0n) is 6.51. The van der Waals surface area contributed by atoms with Crippen LogP contribution < -0.4 is 0 Å². The van der Waals surface area contributed by atoms with Gasteiger partial charge in [-0.05, 0) is 0 Å². The van der Waals surface area contributed by atoms with Crippen LogP contribution in [0.25, 0.3) is 0 Å². The molecule has 2 unspecified atom stereocenters. The standard InChI is InChI=1S/C7H12O5/c8-3-7-1-2-11-4(5(7)9)6(10)12-7/h4-6,8-10H,1-3H2/t4?,5?,6-,7+/m1/s1. The lowest BCUT2D eigenvalue weighted by atomic mass is 9.91. The van der Waals surface area contributed by atoms with E-state index in [-0.39, 0.29) is 6.61 Å². The first-order valence-corrected chi connectivity index (χ1v) is 3.96. The lowest BCUT2D eigenvalue weighted by Crippen LogP contribution is -2.51. The monoisotopic (exact) mass is 176 g/mol. The van der Waals surface area contributed by atoms with Crippen LogP contribution in [0.15, 0.2) is 0 Å². The molecule has 2 rings (SSSR count). The summed E-state index contributed by atoms with van der Waals surface area (Å²) < 4.78 is 10.1. The molecule has 5 heteroatoms. The number of fused-ring (bicyclic) bond motifs is 2. The molecular formula is C7H12O5. The predicted molar refractivity (Wildman–Crippen MR) is 37.3 cm³/mol. The Morgan fingerprint density at radius 2 is 2.17 bits per heavy atom. The fourth-order valence-electron chi connectivity index (χ4n) is 1.79. The number of hydrogen-bond donors (Lipinski definition) is 3. The second-order valence-electron chi connectivity index (χ2n) is 3.26. The molecule has 0 spiro atoms. The van der Waals surface area contributed by atoms with Crippen molar-refractivity contribution in [3.8, 4) is 0 Å². The van der Waals surface area contributed by atoms with Crippen molar-refractivity contribution in [3.05, 3.63) is 0 Å². The summed E-state index contributed by atoms with van der Waals surface area (Å²) in [4.78, 5) is 0. The molecule has 2 bridgehead atoms. The van der Waals surface area contributed by atoms with Gasteiger partial charge in [0.2, 0.25) is 0 Å². The third-order valence-corrected chi connectivity index (χ3v) is 2.59. The number of aliphatic hydroxyl groups is 3. The van der Waals surface area contributed by atoms with Crippen LogP contribution >= 0.6 is 0 Å². The van der Waals surface area contributed by atoms with Gasteiger partial charge in [0.15, 0.2) is 6.29 Å². The molecule has 2 heterocycles. The maximum Gasteiger partial charge on any atom is 0.184 e. The Hall–Kier alpha value is -0.200. The minimum atomic E-state index is -1.12. The summed E-state index contributed by atoms with van der Waals surface area (Å²) in [5, 5.41) is 27.8. The summed E-state index contributed by atoms with van der Waals surface area (Å²) >= 11 is 0. The Morgan fingerprint density at radius 1 is 1.42 bits per heavy atom. The SMILES string of the molecule is OC[C@@]12CCOC(C1O)[C@H](O)O2. The molecule has 0 amide bonds. The van der Waals surface area contributed by atoms with Gasteiger partial charge in [-0.2, -0.15) is 0 Å². The molecular weight excluding hydrogens is 164 g/mol. The van der Waals surface area contributed by atoms with Crippen molar-refractivity contribution in [1.82, 2.24) is 0 Å². The van der Waals surface area contributed by atoms with E-state index in [2.05, 4.69) is 0 Å². The van der Waals surface area contributed by atoms with Crippen molar-refractivity contribution < 1.29 is 24.8 Å². The molecule has 12 heavy (non-hydrogen) atoms. The highest BCUT2D eigenvalue weighted by Crippen LogP contribution is 2.38. The molecule has 2 aliphatic rings. The normalized spacial score (nSPS) is 52.8. The summed E-state index contributed by atoms with van der Waals surface area (Å²) in [6, 6.07) is 0. The van der Waals surface area contributed by atoms with Crippen molar-refractivity contribution in [3.63, 3.8) is 0 Å². The van der Waals surface area contributed by atoms with E-state index in [4.69, 9.17) is 14.6 Å². The quantitative estimate of drug-likeness (QED) is 0.440. The molecule has 70 valence electrons. The van der Waals surface area contributed by atoms with Crippen LogP contribution in [-0.2, 0) is 9.47 Å². The topological polar surface area (TPSA) is 79.2 Å². The van der Waals surface area contributed by atoms with Crippen LogP contribution in [0.4, 0.5) is 0 Å². The molecule has 0 aliphatic carbocycles. The second kappa shape index (κ2) is 2.65. The first kappa shape index (κ1) is 8.40. The van der Waals surface area contributed by atoms with Crippen molar-refractivity contribution >= 4 is 0 Å². The summed E-state index contributed by atoms with van der Waals surface area (Å²) in [6.07, 6.45) is -2.33. The zero-order chi connectivity index (χ0) is 8.77. The first-order valence-electron chi connectivity index (χ1n) is 3.96. The Morgan fingerprint density at radius 3 is 2.75 bits per heavy atom. The van der Waals surface area contributed by atoms with E-state index in [1.165, 1.54) is 0 Å². The molecule has 2 aliphatic heterocycles. The van der Waals surface area contributed by atoms with E-state index < -0.39 is 24.1 Å². The third-order valence-electron chi connectivity index (χ3n) is 2.59. The molecule has 0 aromatic heterocycles. The highest BCUT2D eigenvalue weighted by atomic mass is 16.7. The van der Waals surface area contributed by atoms with Gasteiger partial charge in [0.1, 0.15) is 17.8 Å². The number of hydrogen-bond acceptors (Lipinski definition) is 5. The second-order valence-corrected chi connectivity index (χ2v) is 3.26. The molecule has 5 nitrogen and oxygen atoms in total. The van der Waals surface area contributed by atoms with Crippen molar-refractivity contribution in [2.45, 2.75) is 30.5 Å². The fraction of sp³-hybridized carbons (Fsp3) is 1.00. The molecule has 0 aromatic rings. The lowest BCUT2D eigenvalue weighted by molar-refractivity contribution is -0.166. The smallest absolute Gasteiger partial charge is 0.184 e. The summed E-state index contributed by atoms with van der Waals surface area (Å²) in [5.41, 5.74) is -0.998. The van der Waals surface area contributed by atoms with Crippen molar-refractivity contribution in [2.75, 3.05) is 13.2 Å². The molecule has 0 saturated carbocycles. The van der Waals surface area contributed by atoms with Gasteiger partial charge >= 0.3 is 0 Å². The Balaban J connectivity index is 2.24. The van der Waals surface area contributed by atoms with Crippen LogP contribution in [0.3, 0.4) is 0 Å². The average molecular weight is 176 g/mol. The van der Waals surface area contributed by atoms with E-state index in [9.17, 15) is 10.2 Å². The summed E-state index contributed by atoms with van der Waals surface area (Å²) in [6.45, 7) is 0.116. The van der Waals surface area contributed by atoms with Gasteiger partial charge in [-0.15, -0.1) is 0 Å². The zero-order valence-corrected chi connectivity index (χ0v) is 6.51. The minimum Gasteiger partial charge on any atom is -0.393 e. The number of rotatable bonds is 1. The van der Waals surface area contributed by atoms with E-state index in [0.29, 0.717) is 13.0 Å². The van der Waals surface area contributed by atoms with E-state index in [0.717, 1.165) is 0 Å². The van der Waals surface area contributed by atoms with Gasteiger partial charge in [-0.25, -0.2) is 0 Å². The Kier molecular flexibility index (Phi) is 1.85. The fourth-order valence-corrected chi connectivity index (χ4v) is 1.79. The first-order chi connectivity index (χ1) is 5.69. The van der Waals surface area contributed by atoms with E-state index in [1.807, 2.05) is 0 Å². The number of aliphatic hydroxyl groups excluding tert-OH is 3. The Bertz CT molecular complexity index is 185. The molecule has 4 atom stereocenters. The number of ether oxygens (including phenoxy) is 2. The van der Waals surface area contributed by atoms with Gasteiger partial charge in [0.05, 0.1) is 13.2 Å². The Labute approximate surface area is 69.5 Å². The van der Waals surface area contributed by atoms with Crippen molar-refractivity contribution in [2.24, 2.45) is 0 Å². The largest absolute Gasteiger partial charge is 0.393 e. The highest BCUT2D eigenvalue weighted by Gasteiger charge is 2.57. The van der Waals surface area contributed by atoms with Crippen LogP contribution in [0.5, 0.6) is 0 Å². The lowest BCUT2D eigenvalue weighted by Gasteiger charge is -2.33. The average Bonchev–Trinajstić information content (AvgIpc) is 2.23. The van der Waals surface area contributed by atoms with Crippen LogP contribution in [-0.4, -0.2) is 52.6 Å². The van der Waals surface area contributed by atoms with Crippen LogP contribution in [0.2, 0.25) is 0 Å². The van der Waals surface area contributed by atoms with Gasteiger partial charge in [-0.1, -0.05) is 0 Å².